The van der Waals surface area contributed by atoms with Crippen LogP contribution in [-0.2, 0) is 0 Å². The van der Waals surface area contributed by atoms with E-state index < -0.39 is 12.6 Å². The summed E-state index contributed by atoms with van der Waals surface area (Å²) in [6.07, 6.45) is -4.05. The number of alkyl halides is 3. The third-order valence-corrected chi connectivity index (χ3v) is 3.57. The summed E-state index contributed by atoms with van der Waals surface area (Å²) >= 11 is 0. The van der Waals surface area contributed by atoms with Gasteiger partial charge in [-0.25, -0.2) is 0 Å². The van der Waals surface area contributed by atoms with E-state index >= 15 is 0 Å². The smallest absolute Gasteiger partial charge is 0.313 e. The van der Waals surface area contributed by atoms with Crippen molar-refractivity contribution >= 4 is 0 Å². The van der Waals surface area contributed by atoms with Crippen LogP contribution in [0.3, 0.4) is 0 Å². The molecule has 5 heteroatoms. The largest absolute Gasteiger partial charge is 0.390 e. The van der Waals surface area contributed by atoms with Crippen molar-refractivity contribution in [2.75, 3.05) is 27.2 Å². The van der Waals surface area contributed by atoms with Gasteiger partial charge in [0, 0.05) is 12.6 Å². The third-order valence-electron chi connectivity index (χ3n) is 3.57. The standard InChI is InChI=1S/C16H25F3N2/c1-12-9-13(2)11-14(10-12)15(20-3)5-7-21(4)8-6-16(17,18)19/h9-11,15,20H,5-8H2,1-4H3. The summed E-state index contributed by atoms with van der Waals surface area (Å²) in [4.78, 5) is 1.74. The Kier molecular flexibility index (Phi) is 6.68. The highest BCUT2D eigenvalue weighted by molar-refractivity contribution is 5.30. The predicted molar refractivity (Wildman–Crippen MR) is 80.5 cm³/mol. The lowest BCUT2D eigenvalue weighted by molar-refractivity contribution is -0.137. The number of hydrogen-bond donors (Lipinski definition) is 1. The highest BCUT2D eigenvalue weighted by atomic mass is 19.4. The Bertz CT molecular complexity index is 423. The molecule has 1 atom stereocenters. The summed E-state index contributed by atoms with van der Waals surface area (Å²) < 4.78 is 36.6. The number of aryl methyl sites for hydroxylation is 2. The summed E-state index contributed by atoms with van der Waals surface area (Å²) in [5.41, 5.74) is 3.60. The summed E-state index contributed by atoms with van der Waals surface area (Å²) in [6, 6.07) is 6.54. The van der Waals surface area contributed by atoms with Crippen LogP contribution in [0.25, 0.3) is 0 Å². The van der Waals surface area contributed by atoms with E-state index in [2.05, 4.69) is 37.4 Å². The lowest BCUT2D eigenvalue weighted by atomic mass is 9.99. The van der Waals surface area contributed by atoms with Gasteiger partial charge in [0.25, 0.3) is 0 Å². The van der Waals surface area contributed by atoms with Gasteiger partial charge in [-0.15, -0.1) is 0 Å². The van der Waals surface area contributed by atoms with Gasteiger partial charge in [0.15, 0.2) is 0 Å². The van der Waals surface area contributed by atoms with Crippen molar-refractivity contribution in [2.45, 2.75) is 38.9 Å². The topological polar surface area (TPSA) is 15.3 Å². The molecule has 1 aromatic rings. The Morgan fingerprint density at radius 1 is 1.10 bits per heavy atom. The molecular weight excluding hydrogens is 277 g/mol. The van der Waals surface area contributed by atoms with E-state index in [1.54, 1.807) is 11.9 Å². The van der Waals surface area contributed by atoms with E-state index in [4.69, 9.17) is 0 Å². The Hall–Kier alpha value is -1.07. The fourth-order valence-corrected chi connectivity index (χ4v) is 2.47. The number of halogens is 3. The van der Waals surface area contributed by atoms with Crippen LogP contribution in [0.1, 0.15) is 35.6 Å². The van der Waals surface area contributed by atoms with Gasteiger partial charge in [-0.05, 0) is 46.5 Å². The van der Waals surface area contributed by atoms with E-state index in [-0.39, 0.29) is 12.6 Å². The van der Waals surface area contributed by atoms with Gasteiger partial charge < -0.3 is 10.2 Å². The van der Waals surface area contributed by atoms with Crippen LogP contribution in [0.5, 0.6) is 0 Å². The van der Waals surface area contributed by atoms with Gasteiger partial charge in [-0.3, -0.25) is 0 Å². The fraction of sp³-hybridized carbons (Fsp3) is 0.625. The summed E-state index contributed by atoms with van der Waals surface area (Å²) in [6.45, 7) is 4.79. The van der Waals surface area contributed by atoms with Gasteiger partial charge in [-0.1, -0.05) is 29.3 Å². The van der Waals surface area contributed by atoms with Crippen molar-refractivity contribution in [3.63, 3.8) is 0 Å². The molecule has 0 aliphatic rings. The Labute approximate surface area is 125 Å². The Balaban J connectivity index is 2.54. The molecule has 0 fully saturated rings. The van der Waals surface area contributed by atoms with Crippen LogP contribution in [0.15, 0.2) is 18.2 Å². The number of hydrogen-bond acceptors (Lipinski definition) is 2. The molecule has 0 saturated heterocycles. The van der Waals surface area contributed by atoms with Gasteiger partial charge >= 0.3 is 6.18 Å². The van der Waals surface area contributed by atoms with Crippen molar-refractivity contribution in [1.82, 2.24) is 10.2 Å². The van der Waals surface area contributed by atoms with E-state index in [0.29, 0.717) is 6.54 Å². The van der Waals surface area contributed by atoms with E-state index in [0.717, 1.165) is 6.42 Å². The molecule has 0 saturated carbocycles. The molecule has 1 N–H and O–H groups in total. The molecule has 120 valence electrons. The van der Waals surface area contributed by atoms with E-state index in [9.17, 15) is 13.2 Å². The molecule has 0 aliphatic carbocycles. The van der Waals surface area contributed by atoms with Gasteiger partial charge in [0.1, 0.15) is 0 Å². The zero-order valence-corrected chi connectivity index (χ0v) is 13.2. The summed E-state index contributed by atoms with van der Waals surface area (Å²) in [5.74, 6) is 0. The molecule has 0 heterocycles. The zero-order valence-electron chi connectivity index (χ0n) is 13.2. The van der Waals surface area contributed by atoms with Crippen LogP contribution < -0.4 is 5.32 Å². The SMILES string of the molecule is CNC(CCN(C)CCC(F)(F)F)c1cc(C)cc(C)c1. The maximum Gasteiger partial charge on any atom is 0.390 e. The van der Waals surface area contributed by atoms with Crippen molar-refractivity contribution in [3.05, 3.63) is 34.9 Å². The first-order valence-electron chi connectivity index (χ1n) is 7.22. The van der Waals surface area contributed by atoms with Crippen LogP contribution in [0, 0.1) is 13.8 Å². The first-order valence-corrected chi connectivity index (χ1v) is 7.22. The Morgan fingerprint density at radius 3 is 2.14 bits per heavy atom. The van der Waals surface area contributed by atoms with Crippen molar-refractivity contribution in [1.29, 1.82) is 0 Å². The van der Waals surface area contributed by atoms with Gasteiger partial charge in [0.2, 0.25) is 0 Å². The quantitative estimate of drug-likeness (QED) is 0.823. The van der Waals surface area contributed by atoms with E-state index in [1.807, 2.05) is 7.05 Å². The number of nitrogens with zero attached hydrogens (tertiary/aromatic N) is 1. The zero-order chi connectivity index (χ0) is 16.0. The van der Waals surface area contributed by atoms with Gasteiger partial charge in [-0.2, -0.15) is 13.2 Å². The molecule has 1 aromatic carbocycles. The highest BCUT2D eigenvalue weighted by Crippen LogP contribution is 2.22. The molecule has 0 bridgehead atoms. The molecule has 0 aromatic heterocycles. The average Bonchev–Trinajstić information content (AvgIpc) is 2.35. The molecule has 1 rings (SSSR count). The minimum Gasteiger partial charge on any atom is -0.313 e. The molecule has 2 nitrogen and oxygen atoms in total. The minimum absolute atomic E-state index is 0.0484. The van der Waals surface area contributed by atoms with Crippen molar-refractivity contribution in [3.8, 4) is 0 Å². The normalized spacial score (nSPS) is 13.7. The monoisotopic (exact) mass is 302 g/mol. The second kappa shape index (κ2) is 7.80. The van der Waals surface area contributed by atoms with E-state index in [1.165, 1.54) is 16.7 Å². The first kappa shape index (κ1) is 18.0. The summed E-state index contributed by atoms with van der Waals surface area (Å²) in [5, 5.41) is 3.25. The lowest BCUT2D eigenvalue weighted by Gasteiger charge is -2.23. The maximum atomic E-state index is 12.2. The number of benzene rings is 1. The van der Waals surface area contributed by atoms with Crippen molar-refractivity contribution in [2.24, 2.45) is 0 Å². The number of rotatable bonds is 7. The second-order valence-electron chi connectivity index (χ2n) is 5.72. The van der Waals surface area contributed by atoms with Crippen LogP contribution in [0.4, 0.5) is 13.2 Å². The lowest BCUT2D eigenvalue weighted by Crippen LogP contribution is -2.28. The predicted octanol–water partition coefficient (Wildman–Crippen LogP) is 3.84. The molecule has 0 radical (unpaired) electrons. The molecule has 0 aliphatic heterocycles. The Morgan fingerprint density at radius 2 is 1.67 bits per heavy atom. The minimum atomic E-state index is -4.08. The first-order chi connectivity index (χ1) is 9.71. The highest BCUT2D eigenvalue weighted by Gasteiger charge is 2.27. The number of nitrogens with one attached hydrogen (secondary N) is 1. The van der Waals surface area contributed by atoms with Gasteiger partial charge in [0.05, 0.1) is 6.42 Å². The fourth-order valence-electron chi connectivity index (χ4n) is 2.47. The van der Waals surface area contributed by atoms with Crippen molar-refractivity contribution < 1.29 is 13.2 Å². The molecule has 0 amide bonds. The molecule has 21 heavy (non-hydrogen) atoms. The molecular formula is C16H25F3N2. The average molecular weight is 302 g/mol. The summed E-state index contributed by atoms with van der Waals surface area (Å²) in [7, 11) is 3.62. The molecule has 0 spiro atoms. The maximum absolute atomic E-state index is 12.2. The van der Waals surface area contributed by atoms with Crippen LogP contribution in [-0.4, -0.2) is 38.3 Å². The third kappa shape index (κ3) is 6.96. The van der Waals surface area contributed by atoms with Crippen LogP contribution in [0.2, 0.25) is 0 Å². The molecule has 1 unspecified atom stereocenters. The van der Waals surface area contributed by atoms with Crippen LogP contribution >= 0.6 is 0 Å². The second-order valence-corrected chi connectivity index (χ2v) is 5.72.